The first-order valence-electron chi connectivity index (χ1n) is 6.06. The molecule has 102 valence electrons. The molecule has 1 heterocycles. The lowest BCUT2D eigenvalue weighted by Crippen LogP contribution is -2.46. The van der Waals surface area contributed by atoms with E-state index in [0.29, 0.717) is 5.56 Å². The molecule has 2 rings (SSSR count). The third-order valence-corrected chi connectivity index (χ3v) is 3.44. The van der Waals surface area contributed by atoms with Crippen molar-refractivity contribution in [3.05, 3.63) is 29.0 Å². The molecule has 19 heavy (non-hydrogen) atoms. The Hall–Kier alpha value is -1.62. The zero-order chi connectivity index (χ0) is 14.0. The lowest BCUT2D eigenvalue weighted by atomic mass is 9.83. The molecule has 0 bridgehead atoms. The molecule has 2 N–H and O–H groups in total. The number of carboxylic acid groups (broad SMARTS) is 1. The van der Waals surface area contributed by atoms with Crippen molar-refractivity contribution in [1.82, 2.24) is 10.3 Å². The molecule has 1 amide bonds. The Morgan fingerprint density at radius 1 is 1.58 bits per heavy atom. The van der Waals surface area contributed by atoms with Crippen molar-refractivity contribution < 1.29 is 14.7 Å². The maximum Gasteiger partial charge on any atom is 0.319 e. The molecule has 1 aliphatic carbocycles. The Morgan fingerprint density at radius 3 is 2.79 bits per heavy atom. The van der Waals surface area contributed by atoms with Gasteiger partial charge in [0.1, 0.15) is 10.6 Å². The van der Waals surface area contributed by atoms with Crippen molar-refractivity contribution in [2.45, 2.75) is 32.2 Å². The summed E-state index contributed by atoms with van der Waals surface area (Å²) >= 11 is 5.77. The summed E-state index contributed by atoms with van der Waals surface area (Å²) in [6.07, 6.45) is 3.42. The number of pyridine rings is 1. The van der Waals surface area contributed by atoms with Gasteiger partial charge in [-0.1, -0.05) is 11.6 Å². The first-order valence-corrected chi connectivity index (χ1v) is 6.44. The molecular formula is C13H15ClN2O3. The van der Waals surface area contributed by atoms with Crippen LogP contribution in [0.3, 0.4) is 0 Å². The fourth-order valence-corrected chi connectivity index (χ4v) is 1.98. The standard InChI is InChI=1S/C13H15ClN2O3/c1-13(12(18)19,11(17)16-9-2-3-9)7-8-4-5-15-10(14)6-8/h4-6,9H,2-3,7H2,1H3,(H,16,17)(H,18,19). The van der Waals surface area contributed by atoms with E-state index in [2.05, 4.69) is 10.3 Å². The maximum absolute atomic E-state index is 12.1. The van der Waals surface area contributed by atoms with Gasteiger partial charge in [0.05, 0.1) is 0 Å². The van der Waals surface area contributed by atoms with E-state index in [0.717, 1.165) is 12.8 Å². The number of hydrogen-bond donors (Lipinski definition) is 2. The van der Waals surface area contributed by atoms with Gasteiger partial charge >= 0.3 is 5.97 Å². The van der Waals surface area contributed by atoms with E-state index < -0.39 is 17.3 Å². The second-order valence-corrected chi connectivity index (χ2v) is 5.44. The molecule has 1 atom stereocenters. The molecule has 0 radical (unpaired) electrons. The van der Waals surface area contributed by atoms with E-state index in [4.69, 9.17) is 11.6 Å². The van der Waals surface area contributed by atoms with Crippen molar-refractivity contribution in [1.29, 1.82) is 0 Å². The van der Waals surface area contributed by atoms with Gasteiger partial charge in [0.15, 0.2) is 0 Å². The normalized spacial score (nSPS) is 17.6. The van der Waals surface area contributed by atoms with Crippen LogP contribution in [-0.4, -0.2) is 28.0 Å². The first kappa shape index (κ1) is 13.8. The van der Waals surface area contributed by atoms with Crippen LogP contribution in [0.15, 0.2) is 18.3 Å². The number of nitrogens with zero attached hydrogens (tertiary/aromatic N) is 1. The number of aliphatic carboxylic acids is 1. The summed E-state index contributed by atoms with van der Waals surface area (Å²) < 4.78 is 0. The SMILES string of the molecule is CC(Cc1ccnc(Cl)c1)(C(=O)O)C(=O)NC1CC1. The molecule has 0 saturated heterocycles. The van der Waals surface area contributed by atoms with Crippen LogP contribution in [0.4, 0.5) is 0 Å². The van der Waals surface area contributed by atoms with Crippen LogP contribution >= 0.6 is 11.6 Å². The van der Waals surface area contributed by atoms with Gasteiger partial charge in [0, 0.05) is 12.2 Å². The fourth-order valence-electron chi connectivity index (χ4n) is 1.79. The fraction of sp³-hybridized carbons (Fsp3) is 0.462. The van der Waals surface area contributed by atoms with Crippen molar-refractivity contribution in [3.63, 3.8) is 0 Å². The Balaban J connectivity index is 2.18. The molecule has 1 unspecified atom stereocenters. The molecule has 6 heteroatoms. The average molecular weight is 283 g/mol. The Bertz CT molecular complexity index is 516. The monoisotopic (exact) mass is 282 g/mol. The summed E-state index contributed by atoms with van der Waals surface area (Å²) in [7, 11) is 0. The van der Waals surface area contributed by atoms with Gasteiger partial charge in [-0.15, -0.1) is 0 Å². The number of nitrogens with one attached hydrogen (secondary N) is 1. The highest BCUT2D eigenvalue weighted by molar-refractivity contribution is 6.29. The summed E-state index contributed by atoms with van der Waals surface area (Å²) in [5.74, 6) is -1.59. The first-order chi connectivity index (χ1) is 8.91. The number of hydrogen-bond acceptors (Lipinski definition) is 3. The van der Waals surface area contributed by atoms with Gasteiger partial charge in [0.25, 0.3) is 0 Å². The van der Waals surface area contributed by atoms with Gasteiger partial charge in [-0.05, 0) is 43.9 Å². The van der Waals surface area contributed by atoms with Crippen molar-refractivity contribution in [3.8, 4) is 0 Å². The zero-order valence-corrected chi connectivity index (χ0v) is 11.3. The smallest absolute Gasteiger partial charge is 0.319 e. The third-order valence-electron chi connectivity index (χ3n) is 3.23. The topological polar surface area (TPSA) is 79.3 Å². The minimum Gasteiger partial charge on any atom is -0.480 e. The second-order valence-electron chi connectivity index (χ2n) is 5.05. The number of carbonyl (C=O) groups excluding carboxylic acids is 1. The predicted molar refractivity (Wildman–Crippen MR) is 69.9 cm³/mol. The summed E-state index contributed by atoms with van der Waals surface area (Å²) in [5.41, 5.74) is -0.816. The van der Waals surface area contributed by atoms with Gasteiger partial charge in [-0.3, -0.25) is 9.59 Å². The van der Waals surface area contributed by atoms with Gasteiger partial charge in [0.2, 0.25) is 5.91 Å². The van der Waals surface area contributed by atoms with Crippen LogP contribution < -0.4 is 5.32 Å². The van der Waals surface area contributed by atoms with Gasteiger partial charge < -0.3 is 10.4 Å². The largest absolute Gasteiger partial charge is 0.480 e. The molecule has 0 aromatic carbocycles. The number of amides is 1. The highest BCUT2D eigenvalue weighted by atomic mass is 35.5. The highest BCUT2D eigenvalue weighted by Gasteiger charge is 2.43. The summed E-state index contributed by atoms with van der Waals surface area (Å²) in [4.78, 5) is 27.4. The third kappa shape index (κ3) is 3.23. The molecule has 1 aromatic heterocycles. The van der Waals surface area contributed by atoms with E-state index in [1.807, 2.05) is 0 Å². The second kappa shape index (κ2) is 5.17. The number of aromatic nitrogens is 1. The van der Waals surface area contributed by atoms with Crippen LogP contribution in [0.1, 0.15) is 25.3 Å². The summed E-state index contributed by atoms with van der Waals surface area (Å²) in [5, 5.41) is 12.4. The lowest BCUT2D eigenvalue weighted by Gasteiger charge is -2.23. The summed E-state index contributed by atoms with van der Waals surface area (Å²) in [6.45, 7) is 1.43. The summed E-state index contributed by atoms with van der Waals surface area (Å²) in [6, 6.07) is 3.37. The van der Waals surface area contributed by atoms with Crippen LogP contribution in [-0.2, 0) is 16.0 Å². The quantitative estimate of drug-likeness (QED) is 0.636. The predicted octanol–water partition coefficient (Wildman–Crippen LogP) is 1.65. The molecule has 1 aromatic rings. The Kier molecular flexibility index (Phi) is 3.75. The Morgan fingerprint density at radius 2 is 2.26 bits per heavy atom. The molecule has 0 aliphatic heterocycles. The molecular weight excluding hydrogens is 268 g/mol. The van der Waals surface area contributed by atoms with Crippen LogP contribution in [0.5, 0.6) is 0 Å². The number of carbonyl (C=O) groups is 2. The number of halogens is 1. The maximum atomic E-state index is 12.1. The molecule has 5 nitrogen and oxygen atoms in total. The molecule has 1 aliphatic rings. The van der Waals surface area contributed by atoms with E-state index in [1.54, 1.807) is 12.1 Å². The van der Waals surface area contributed by atoms with Gasteiger partial charge in [-0.2, -0.15) is 0 Å². The zero-order valence-electron chi connectivity index (χ0n) is 10.5. The van der Waals surface area contributed by atoms with Crippen molar-refractivity contribution >= 4 is 23.5 Å². The van der Waals surface area contributed by atoms with E-state index >= 15 is 0 Å². The number of carboxylic acids is 1. The number of rotatable bonds is 5. The van der Waals surface area contributed by atoms with Crippen LogP contribution in [0.25, 0.3) is 0 Å². The highest BCUT2D eigenvalue weighted by Crippen LogP contribution is 2.27. The Labute approximate surface area is 116 Å². The lowest BCUT2D eigenvalue weighted by molar-refractivity contribution is -0.154. The van der Waals surface area contributed by atoms with Crippen LogP contribution in [0.2, 0.25) is 5.15 Å². The van der Waals surface area contributed by atoms with Gasteiger partial charge in [-0.25, -0.2) is 4.98 Å². The minimum atomic E-state index is -1.49. The van der Waals surface area contributed by atoms with E-state index in [-0.39, 0.29) is 17.6 Å². The minimum absolute atomic E-state index is 0.0864. The molecule has 1 fully saturated rings. The average Bonchev–Trinajstić information content (AvgIpc) is 3.12. The molecule has 1 saturated carbocycles. The van der Waals surface area contributed by atoms with Crippen molar-refractivity contribution in [2.24, 2.45) is 5.41 Å². The molecule has 0 spiro atoms. The van der Waals surface area contributed by atoms with E-state index in [1.165, 1.54) is 13.1 Å². The van der Waals surface area contributed by atoms with Crippen LogP contribution in [0, 0.1) is 5.41 Å². The van der Waals surface area contributed by atoms with Crippen molar-refractivity contribution in [2.75, 3.05) is 0 Å². The van der Waals surface area contributed by atoms with E-state index in [9.17, 15) is 14.7 Å².